The number of phenolic OH excluding ortho intramolecular Hbond substituents is 1. The van der Waals surface area contributed by atoms with Crippen LogP contribution in [-0.2, 0) is 117 Å². The third-order valence-corrected chi connectivity index (χ3v) is 25.0. The molecule has 22 N–H and O–H groups in total. The van der Waals surface area contributed by atoms with E-state index >= 15 is 38.4 Å². The molecule has 0 spiro atoms. The zero-order chi connectivity index (χ0) is 98.6. The Balaban J connectivity index is 1.10. The smallest absolute Gasteiger partial charge is 0.303 e. The first kappa shape index (κ1) is 105. The van der Waals surface area contributed by atoms with Crippen molar-refractivity contribution >= 4 is 146 Å². The standard InChI is InChI=1S/C89H119N21O24S/c1-7-9-20-67-82(127)98-58(27-29-74(117)118)78(123)105-66(77(122)95-41-72(91)115)44-135-45-73(116)97-62(32-48-23-25-52(112)26-24-48)85(130)106(4)47(3)76(121)102-64(37-71(90)114)88(133)109-31-15-22-68(109)83(128)101-61(35-51-40-92-46-96-51)80(125)99-59(28-30-75(119)120)87(132)110-42-53(113)36-70(110)84(129)100-60(33-49-38-93-56-18-13-11-16-54(49)56)79(124)104-65(43-111)81(126)103-63(34-50-39-94-57-19-14-12-17-55(50)57)86(131)108(6)69(21-10-8-2)89(134)107(67)5/h11-14,16-19,23-26,38-40,46-47,53,58-70,93-94,111-113H,7-10,15,20-22,27-37,41-45H2,1-6H3,(H2,90,114)(H2,91,115)(H,92,96)(H,95,122)(H,97,116)(H,98,127)(H,99,125)(H,100,129)(H,101,128)(H,102,121)(H,103,126)(H,104,124)(H,105,123)(H,117,118)(H,119,120)/t47-,53+,58-,59-,60-,61-,62-,63-,64+,65-,66-,67-,68-,69-,70-/m0/s1. The number of nitrogens with one attached hydrogen (secondary N) is 13. The fourth-order valence-corrected chi connectivity index (χ4v) is 17.2. The summed E-state index contributed by atoms with van der Waals surface area (Å²) in [6, 6.07) is -4.33. The van der Waals surface area contributed by atoms with Crippen LogP contribution in [-0.4, -0.2) is 332 Å². The van der Waals surface area contributed by atoms with E-state index in [1.807, 2.05) is 0 Å². The quantitative estimate of drug-likeness (QED) is 0.0250. The maximum atomic E-state index is 15.7. The Morgan fingerprint density at radius 3 is 1.61 bits per heavy atom. The van der Waals surface area contributed by atoms with Gasteiger partial charge in [0.2, 0.25) is 100 Å². The van der Waals surface area contributed by atoms with Gasteiger partial charge in [-0.15, -0.1) is 11.8 Å². The number of aliphatic hydroxyl groups excluding tert-OH is 2. The molecule has 0 saturated carbocycles. The summed E-state index contributed by atoms with van der Waals surface area (Å²) in [4.78, 5) is 292. The highest BCUT2D eigenvalue weighted by Gasteiger charge is 2.47. The SMILES string of the molecule is CCCC[C@H]1C(=O)N(C)[C@@H](CCCC)C(=O)N[C@@H](CCC(=O)O)C(=O)N[C@H](C(=O)NCC(N)=O)CSCC(=O)N[C@@H](Cc2ccc(O)cc2)C(=O)N(C)[C@@H](C)C(=O)N[C@H](CC(N)=O)C(=O)N2CCC[C@H]2C(=O)N[C@@H](Cc2cnc[nH]2)C(=O)N[C@@H](CCC(=O)O)C(=O)N2C[C@H](O)C[C@H]2C(=O)N[C@@H](Cc2c[nH]c3ccccc23)C(=O)N[C@@H](CO)C(=O)N[C@@H](Cc2c[nH]c3ccccc23)C(=O)N1C. The monoisotopic (exact) mass is 1900 g/mol. The van der Waals surface area contributed by atoms with Crippen LogP contribution in [0.2, 0.25) is 0 Å². The van der Waals surface area contributed by atoms with E-state index in [0.717, 1.165) is 24.5 Å². The van der Waals surface area contributed by atoms with Gasteiger partial charge >= 0.3 is 11.9 Å². The number of carboxylic acid groups (broad SMARTS) is 2. The Morgan fingerprint density at radius 1 is 0.519 bits per heavy atom. The largest absolute Gasteiger partial charge is 0.508 e. The summed E-state index contributed by atoms with van der Waals surface area (Å²) in [5.41, 5.74) is 13.7. The lowest BCUT2D eigenvalue weighted by atomic mass is 10.00. The molecule has 3 fully saturated rings. The normalized spacial score (nSPS) is 24.7. The van der Waals surface area contributed by atoms with Gasteiger partial charge in [-0.05, 0) is 86.4 Å². The van der Waals surface area contributed by atoms with E-state index in [4.69, 9.17) is 11.5 Å². The minimum absolute atomic E-state index is 0.0665. The predicted molar refractivity (Wildman–Crippen MR) is 485 cm³/mol. The number of nitrogens with two attached hydrogens (primary N) is 2. The summed E-state index contributed by atoms with van der Waals surface area (Å²) in [5, 5.41) is 79.4. The van der Waals surface area contributed by atoms with Gasteiger partial charge < -0.3 is 130 Å². The van der Waals surface area contributed by atoms with E-state index in [2.05, 4.69) is 73.1 Å². The van der Waals surface area contributed by atoms with Crippen LogP contribution in [0.4, 0.5) is 0 Å². The molecule has 6 heterocycles. The fourth-order valence-electron chi connectivity index (χ4n) is 16.4. The maximum Gasteiger partial charge on any atom is 0.303 e. The number of carboxylic acids is 2. The number of amides is 17. The molecule has 3 aliphatic rings. The molecular formula is C89H119N21O24S. The molecule has 730 valence electrons. The second-order valence-electron chi connectivity index (χ2n) is 33.7. The second kappa shape index (κ2) is 49.6. The summed E-state index contributed by atoms with van der Waals surface area (Å²) in [6.07, 6.45) is -0.250. The number of aromatic amines is 3. The molecule has 17 amide bonds. The van der Waals surface area contributed by atoms with Crippen molar-refractivity contribution in [2.24, 2.45) is 11.5 Å². The Labute approximate surface area is 779 Å². The zero-order valence-corrected chi connectivity index (χ0v) is 76.4. The molecule has 3 aromatic carbocycles. The Kier molecular flexibility index (Phi) is 38.5. The number of hydrogen-bond acceptors (Lipinski definition) is 24. The molecule has 0 unspecified atom stereocenters. The first-order valence-corrected chi connectivity index (χ1v) is 45.6. The van der Waals surface area contributed by atoms with Gasteiger partial charge in [0.25, 0.3) is 0 Å². The minimum atomic E-state index is -1.96. The minimum Gasteiger partial charge on any atom is -0.508 e. The van der Waals surface area contributed by atoms with Crippen molar-refractivity contribution in [3.8, 4) is 5.75 Å². The van der Waals surface area contributed by atoms with Crippen molar-refractivity contribution in [2.75, 3.05) is 58.9 Å². The molecule has 3 aliphatic heterocycles. The number of phenols is 1. The van der Waals surface area contributed by atoms with E-state index in [1.54, 1.807) is 74.8 Å². The first-order valence-electron chi connectivity index (χ1n) is 44.4. The number of carbonyl (C=O) groups excluding carboxylic acids is 17. The number of primary amides is 2. The van der Waals surface area contributed by atoms with E-state index in [-0.39, 0.29) is 75.8 Å². The Morgan fingerprint density at radius 2 is 1.03 bits per heavy atom. The van der Waals surface area contributed by atoms with Gasteiger partial charge in [0.05, 0.1) is 37.8 Å². The van der Waals surface area contributed by atoms with Crippen LogP contribution in [0.15, 0.2) is 97.7 Å². The highest BCUT2D eigenvalue weighted by Crippen LogP contribution is 2.28. The number of aliphatic carboxylic acids is 2. The van der Waals surface area contributed by atoms with Gasteiger partial charge in [0, 0.05) is 131 Å². The molecular weight excluding hydrogens is 1780 g/mol. The fraction of sp³-hybridized carbons (Fsp3) is 0.506. The van der Waals surface area contributed by atoms with Gasteiger partial charge in [-0.2, -0.15) is 0 Å². The first-order chi connectivity index (χ1) is 64.3. The van der Waals surface area contributed by atoms with Crippen LogP contribution in [0.1, 0.15) is 133 Å². The number of para-hydroxylation sites is 2. The molecule has 3 saturated heterocycles. The summed E-state index contributed by atoms with van der Waals surface area (Å²) in [6.45, 7) is 2.07. The number of imidazole rings is 1. The number of aromatic nitrogens is 4. The average molecular weight is 1900 g/mol. The number of H-pyrrole nitrogens is 3. The van der Waals surface area contributed by atoms with Gasteiger partial charge in [0.15, 0.2) is 0 Å². The molecule has 0 radical (unpaired) electrons. The maximum absolute atomic E-state index is 15.7. The van der Waals surface area contributed by atoms with Crippen molar-refractivity contribution in [2.45, 2.75) is 227 Å². The number of hydrogen-bond donors (Lipinski definition) is 20. The van der Waals surface area contributed by atoms with Crippen LogP contribution < -0.4 is 64.6 Å². The molecule has 3 aromatic heterocycles. The predicted octanol–water partition coefficient (Wildman–Crippen LogP) is -3.51. The van der Waals surface area contributed by atoms with Crippen LogP contribution in [0.25, 0.3) is 21.8 Å². The van der Waals surface area contributed by atoms with Crippen molar-refractivity contribution in [1.82, 2.24) is 97.6 Å². The topological polar surface area (TPSA) is 674 Å². The number of nitrogens with zero attached hydrogens (tertiary/aromatic N) is 6. The van der Waals surface area contributed by atoms with Crippen LogP contribution in [0.3, 0.4) is 0 Å². The summed E-state index contributed by atoms with van der Waals surface area (Å²) in [5.74, 6) is -21.9. The summed E-state index contributed by atoms with van der Waals surface area (Å²) >= 11 is 0.691. The molecule has 135 heavy (non-hydrogen) atoms. The molecule has 0 aliphatic carbocycles. The Hall–Kier alpha value is -14.1. The average Bonchev–Trinajstić information content (AvgIpc) is 1.66. The molecule has 6 aromatic rings. The van der Waals surface area contributed by atoms with E-state index < -0.39 is 279 Å². The van der Waals surface area contributed by atoms with E-state index in [9.17, 15) is 78.3 Å². The number of aliphatic hydroxyl groups is 2. The van der Waals surface area contributed by atoms with Gasteiger partial charge in [-0.1, -0.05) is 88.1 Å². The number of thioether (sulfide) groups is 1. The summed E-state index contributed by atoms with van der Waals surface area (Å²) in [7, 11) is 3.73. The molecule has 9 rings (SSSR count). The second-order valence-corrected chi connectivity index (χ2v) is 34.8. The van der Waals surface area contributed by atoms with Crippen LogP contribution in [0, 0.1) is 0 Å². The highest BCUT2D eigenvalue weighted by molar-refractivity contribution is 8.00. The molecule has 15 atom stereocenters. The molecule has 45 nitrogen and oxygen atoms in total. The van der Waals surface area contributed by atoms with Crippen molar-refractivity contribution < 1.29 is 117 Å². The number of benzene rings is 3. The number of rotatable bonds is 26. The number of likely N-dealkylation sites (N-methyl/N-ethyl adjacent to an activating group) is 3. The van der Waals surface area contributed by atoms with Crippen molar-refractivity contribution in [1.29, 1.82) is 0 Å². The van der Waals surface area contributed by atoms with E-state index in [1.165, 1.54) is 64.9 Å². The lowest BCUT2D eigenvalue weighted by Crippen LogP contribution is -2.62. The zero-order valence-electron chi connectivity index (χ0n) is 75.6. The van der Waals surface area contributed by atoms with Crippen molar-refractivity contribution in [3.05, 3.63) is 120 Å². The molecule has 46 heteroatoms. The van der Waals surface area contributed by atoms with Gasteiger partial charge in [-0.3, -0.25) is 91.1 Å². The lowest BCUT2D eigenvalue weighted by Gasteiger charge is -2.36. The third kappa shape index (κ3) is 29.0. The highest BCUT2D eigenvalue weighted by atomic mass is 32.2. The van der Waals surface area contributed by atoms with Crippen LogP contribution in [0.5, 0.6) is 5.75 Å². The lowest BCUT2D eigenvalue weighted by molar-refractivity contribution is -0.149. The number of carbonyl (C=O) groups is 19. The van der Waals surface area contributed by atoms with Crippen molar-refractivity contribution in [3.63, 3.8) is 0 Å². The third-order valence-electron chi connectivity index (χ3n) is 23.9. The summed E-state index contributed by atoms with van der Waals surface area (Å²) < 4.78 is 0. The Bertz CT molecular complexity index is 5280. The number of unbranched alkanes of at least 4 members (excludes halogenated alkanes) is 2. The van der Waals surface area contributed by atoms with Gasteiger partial charge in [-0.25, -0.2) is 4.98 Å². The van der Waals surface area contributed by atoms with E-state index in [0.29, 0.717) is 63.1 Å². The molecule has 0 bridgehead atoms. The van der Waals surface area contributed by atoms with Crippen LogP contribution >= 0.6 is 11.8 Å². The number of aromatic hydroxyl groups is 1. The van der Waals surface area contributed by atoms with Gasteiger partial charge in [0.1, 0.15) is 90.3 Å². The number of fused-ring (bicyclic) bond motifs is 4.